The van der Waals surface area contributed by atoms with Crippen molar-refractivity contribution in [2.75, 3.05) is 23.3 Å². The Labute approximate surface area is 202 Å². The van der Waals surface area contributed by atoms with Crippen LogP contribution in [0.15, 0.2) is 72.8 Å². The van der Waals surface area contributed by atoms with Crippen molar-refractivity contribution in [1.82, 2.24) is 0 Å². The summed E-state index contributed by atoms with van der Waals surface area (Å²) in [5.74, 6) is -1.18. The SMILES string of the molecule is COC(=O)c1cc(NC(=O)C2CN(S(=O)(=O)Cc3ccccc3)c3ccccc3O2)ccc1Cl. The maximum absolute atomic E-state index is 13.3. The third-order valence-corrected chi connectivity index (χ3v) is 7.24. The Morgan fingerprint density at radius 2 is 1.79 bits per heavy atom. The summed E-state index contributed by atoms with van der Waals surface area (Å²) < 4.78 is 38.3. The fraction of sp³-hybridized carbons (Fsp3) is 0.167. The number of nitrogens with zero attached hydrogens (tertiary/aromatic N) is 1. The van der Waals surface area contributed by atoms with E-state index in [4.69, 9.17) is 21.1 Å². The van der Waals surface area contributed by atoms with Crippen LogP contribution in [-0.4, -0.2) is 40.1 Å². The Morgan fingerprint density at radius 3 is 2.53 bits per heavy atom. The predicted octanol–water partition coefficient (Wildman–Crippen LogP) is 3.86. The summed E-state index contributed by atoms with van der Waals surface area (Å²) in [6.07, 6.45) is -1.13. The van der Waals surface area contributed by atoms with E-state index in [0.717, 1.165) is 0 Å². The second kappa shape index (κ2) is 9.74. The summed E-state index contributed by atoms with van der Waals surface area (Å²) in [6, 6.07) is 19.8. The van der Waals surface area contributed by atoms with Crippen molar-refractivity contribution in [3.63, 3.8) is 0 Å². The van der Waals surface area contributed by atoms with Gasteiger partial charge in [0.05, 0.1) is 35.7 Å². The molecule has 0 aliphatic carbocycles. The average molecular weight is 501 g/mol. The molecular formula is C24H21ClN2O6S. The molecule has 1 N–H and O–H groups in total. The minimum Gasteiger partial charge on any atom is -0.476 e. The number of methoxy groups -OCH3 is 1. The first-order valence-electron chi connectivity index (χ1n) is 10.3. The third-order valence-electron chi connectivity index (χ3n) is 5.19. The number of carbonyl (C=O) groups excluding carboxylic acids is 2. The number of amides is 1. The summed E-state index contributed by atoms with van der Waals surface area (Å²) in [6.45, 7) is -0.213. The Morgan fingerprint density at radius 1 is 1.09 bits per heavy atom. The molecule has 8 nitrogen and oxygen atoms in total. The van der Waals surface area contributed by atoms with Gasteiger partial charge in [-0.05, 0) is 35.9 Å². The number of halogens is 1. The van der Waals surface area contributed by atoms with Crippen molar-refractivity contribution in [3.05, 3.63) is 88.9 Å². The van der Waals surface area contributed by atoms with Crippen molar-refractivity contribution in [2.45, 2.75) is 11.9 Å². The Hall–Kier alpha value is -3.56. The molecule has 1 aliphatic heterocycles. The van der Waals surface area contributed by atoms with E-state index >= 15 is 0 Å². The van der Waals surface area contributed by atoms with Crippen molar-refractivity contribution >= 4 is 44.9 Å². The van der Waals surface area contributed by atoms with Crippen LogP contribution in [0, 0.1) is 0 Å². The minimum atomic E-state index is -3.82. The first kappa shape index (κ1) is 23.6. The summed E-state index contributed by atoms with van der Waals surface area (Å²) >= 11 is 6.04. The van der Waals surface area contributed by atoms with Gasteiger partial charge in [0.1, 0.15) is 5.75 Å². The van der Waals surface area contributed by atoms with Crippen molar-refractivity contribution in [3.8, 4) is 5.75 Å². The van der Waals surface area contributed by atoms with E-state index < -0.39 is 28.0 Å². The number of esters is 1. The monoisotopic (exact) mass is 500 g/mol. The van der Waals surface area contributed by atoms with Gasteiger partial charge in [0.25, 0.3) is 5.91 Å². The molecule has 3 aromatic rings. The van der Waals surface area contributed by atoms with Crippen LogP contribution in [0.4, 0.5) is 11.4 Å². The Bertz CT molecular complexity index is 1330. The molecule has 0 saturated carbocycles. The zero-order valence-corrected chi connectivity index (χ0v) is 19.7. The first-order chi connectivity index (χ1) is 16.3. The molecule has 1 aliphatic rings. The van der Waals surface area contributed by atoms with Gasteiger partial charge in [0.15, 0.2) is 6.10 Å². The Kier molecular flexibility index (Phi) is 6.76. The lowest BCUT2D eigenvalue weighted by Gasteiger charge is -2.34. The van der Waals surface area contributed by atoms with Gasteiger partial charge in [0.2, 0.25) is 10.0 Å². The summed E-state index contributed by atoms with van der Waals surface area (Å²) in [5, 5.41) is 2.83. The van der Waals surface area contributed by atoms with E-state index in [2.05, 4.69) is 5.32 Å². The number of carbonyl (C=O) groups is 2. The second-order valence-electron chi connectivity index (χ2n) is 7.52. The number of rotatable bonds is 6. The molecule has 4 rings (SSSR count). The van der Waals surface area contributed by atoms with E-state index in [0.29, 0.717) is 11.3 Å². The van der Waals surface area contributed by atoms with Crippen LogP contribution >= 0.6 is 11.6 Å². The zero-order chi connectivity index (χ0) is 24.3. The number of hydrogen-bond donors (Lipinski definition) is 1. The van der Waals surface area contributed by atoms with Crippen LogP contribution in [0.2, 0.25) is 5.02 Å². The molecule has 0 bridgehead atoms. The number of anilines is 2. The van der Waals surface area contributed by atoms with Gasteiger partial charge in [0, 0.05) is 5.69 Å². The highest BCUT2D eigenvalue weighted by molar-refractivity contribution is 7.92. The summed E-state index contributed by atoms with van der Waals surface area (Å²) in [5.41, 5.74) is 1.37. The smallest absolute Gasteiger partial charge is 0.339 e. The number of benzene rings is 3. The lowest BCUT2D eigenvalue weighted by Crippen LogP contribution is -2.49. The molecule has 34 heavy (non-hydrogen) atoms. The molecule has 0 spiro atoms. The maximum Gasteiger partial charge on any atom is 0.339 e. The zero-order valence-electron chi connectivity index (χ0n) is 18.1. The van der Waals surface area contributed by atoms with Crippen molar-refractivity contribution < 1.29 is 27.5 Å². The maximum atomic E-state index is 13.3. The molecule has 0 radical (unpaired) electrons. The predicted molar refractivity (Wildman–Crippen MR) is 129 cm³/mol. The van der Waals surface area contributed by atoms with Gasteiger partial charge in [-0.15, -0.1) is 0 Å². The van der Waals surface area contributed by atoms with Crippen molar-refractivity contribution in [1.29, 1.82) is 0 Å². The molecule has 0 aromatic heterocycles. The number of para-hydroxylation sites is 2. The largest absolute Gasteiger partial charge is 0.476 e. The highest BCUT2D eigenvalue weighted by Gasteiger charge is 2.36. The third kappa shape index (κ3) is 5.00. The molecule has 0 fully saturated rings. The molecule has 1 heterocycles. The van der Waals surface area contributed by atoms with Crippen LogP contribution in [-0.2, 0) is 25.3 Å². The van der Waals surface area contributed by atoms with Gasteiger partial charge in [-0.25, -0.2) is 13.2 Å². The highest BCUT2D eigenvalue weighted by atomic mass is 35.5. The molecule has 176 valence electrons. The molecule has 1 unspecified atom stereocenters. The molecule has 3 aromatic carbocycles. The molecule has 0 saturated heterocycles. The average Bonchev–Trinajstić information content (AvgIpc) is 2.84. The van der Waals surface area contributed by atoms with Crippen LogP contribution in [0.5, 0.6) is 5.75 Å². The minimum absolute atomic E-state index is 0.0870. The van der Waals surface area contributed by atoms with E-state index in [9.17, 15) is 18.0 Å². The van der Waals surface area contributed by atoms with E-state index in [1.165, 1.54) is 29.6 Å². The summed E-state index contributed by atoms with van der Waals surface area (Å²) in [7, 11) is -2.60. The van der Waals surface area contributed by atoms with Crippen LogP contribution in [0.1, 0.15) is 15.9 Å². The Balaban J connectivity index is 1.59. The van der Waals surface area contributed by atoms with Crippen LogP contribution in [0.25, 0.3) is 0 Å². The van der Waals surface area contributed by atoms with Gasteiger partial charge < -0.3 is 14.8 Å². The highest BCUT2D eigenvalue weighted by Crippen LogP contribution is 2.36. The van der Waals surface area contributed by atoms with Crippen LogP contribution in [0.3, 0.4) is 0 Å². The topological polar surface area (TPSA) is 102 Å². The van der Waals surface area contributed by atoms with E-state index in [1.807, 2.05) is 6.07 Å². The molecule has 1 amide bonds. The van der Waals surface area contributed by atoms with Gasteiger partial charge in [-0.3, -0.25) is 9.10 Å². The van der Waals surface area contributed by atoms with Gasteiger partial charge in [-0.1, -0.05) is 54.1 Å². The molecular weight excluding hydrogens is 480 g/mol. The molecule has 10 heteroatoms. The van der Waals surface area contributed by atoms with E-state index in [-0.39, 0.29) is 34.3 Å². The number of nitrogens with one attached hydrogen (secondary N) is 1. The van der Waals surface area contributed by atoms with Gasteiger partial charge >= 0.3 is 5.97 Å². The fourth-order valence-electron chi connectivity index (χ4n) is 3.56. The summed E-state index contributed by atoms with van der Waals surface area (Å²) in [4.78, 5) is 24.9. The lowest BCUT2D eigenvalue weighted by atomic mass is 10.2. The fourth-order valence-corrected chi connectivity index (χ4v) is 5.33. The number of fused-ring (bicyclic) bond motifs is 1. The molecule has 1 atom stereocenters. The normalized spacial score (nSPS) is 15.1. The van der Waals surface area contributed by atoms with Gasteiger partial charge in [-0.2, -0.15) is 0 Å². The first-order valence-corrected chi connectivity index (χ1v) is 12.3. The number of ether oxygens (including phenoxy) is 2. The standard InChI is InChI=1S/C24H21ClN2O6S/c1-32-24(29)18-13-17(11-12-19(18)25)26-23(28)22-14-27(20-9-5-6-10-21(20)33-22)34(30,31)15-16-7-3-2-4-8-16/h2-13,22H,14-15H2,1H3,(H,26,28). The van der Waals surface area contributed by atoms with Crippen LogP contribution < -0.4 is 14.4 Å². The quantitative estimate of drug-likeness (QED) is 0.516. The van der Waals surface area contributed by atoms with Crippen molar-refractivity contribution in [2.24, 2.45) is 0 Å². The number of sulfonamides is 1. The second-order valence-corrected chi connectivity index (χ2v) is 9.82. The number of hydrogen-bond acceptors (Lipinski definition) is 6. The van der Waals surface area contributed by atoms with E-state index in [1.54, 1.807) is 48.5 Å². The lowest BCUT2D eigenvalue weighted by molar-refractivity contribution is -0.122.